The van der Waals surface area contributed by atoms with E-state index in [0.29, 0.717) is 12.1 Å². The van der Waals surface area contributed by atoms with Crippen molar-refractivity contribution in [3.63, 3.8) is 0 Å². The number of benzene rings is 1. The van der Waals surface area contributed by atoms with Crippen molar-refractivity contribution in [2.45, 2.75) is 19.5 Å². The highest BCUT2D eigenvalue weighted by Gasteiger charge is 2.23. The zero-order valence-electron chi connectivity index (χ0n) is 11.8. The van der Waals surface area contributed by atoms with Crippen LogP contribution in [-0.2, 0) is 6.54 Å². The maximum absolute atomic E-state index is 11.2. The molecular formula is C13H19N3O4. The van der Waals surface area contributed by atoms with E-state index in [1.54, 1.807) is 6.07 Å². The molecule has 0 aliphatic rings. The first-order chi connectivity index (χ1) is 9.34. The van der Waals surface area contributed by atoms with Crippen LogP contribution in [0.15, 0.2) is 18.2 Å². The van der Waals surface area contributed by atoms with Gasteiger partial charge in [-0.05, 0) is 26.6 Å². The summed E-state index contributed by atoms with van der Waals surface area (Å²) in [5.41, 5.74) is -0.211. The summed E-state index contributed by atoms with van der Waals surface area (Å²) in [7, 11) is 3.89. The highest BCUT2D eigenvalue weighted by molar-refractivity contribution is 5.94. The molecule has 1 rings (SSSR count). The minimum Gasteiger partial charge on any atom is -0.477 e. The fraction of sp³-hybridized carbons (Fsp3) is 0.462. The Hall–Kier alpha value is -1.99. The number of nitrogens with zero attached hydrogens (tertiary/aromatic N) is 2. The number of carbonyl (C=O) groups is 1. The monoisotopic (exact) mass is 281 g/mol. The smallest absolute Gasteiger partial charge is 0.343 e. The number of carboxylic acid groups (broad SMARTS) is 1. The minimum atomic E-state index is -1.28. The number of rotatable bonds is 7. The van der Waals surface area contributed by atoms with Crippen molar-refractivity contribution < 1.29 is 14.8 Å². The molecule has 7 heteroatoms. The van der Waals surface area contributed by atoms with Crippen molar-refractivity contribution in [3.05, 3.63) is 39.4 Å². The summed E-state index contributed by atoms with van der Waals surface area (Å²) in [4.78, 5) is 23.4. The predicted octanol–water partition coefficient (Wildman–Crippen LogP) is 1.33. The molecule has 1 aromatic rings. The number of nitro benzene ring substituents is 1. The number of carboxylic acids is 1. The molecule has 2 N–H and O–H groups in total. The van der Waals surface area contributed by atoms with Crippen LogP contribution in [-0.4, -0.2) is 47.6 Å². The Morgan fingerprint density at radius 3 is 2.65 bits per heavy atom. The van der Waals surface area contributed by atoms with E-state index in [2.05, 4.69) is 5.32 Å². The molecule has 1 aromatic carbocycles. The maximum Gasteiger partial charge on any atom is 0.343 e. The highest BCUT2D eigenvalue weighted by Crippen LogP contribution is 2.22. The van der Waals surface area contributed by atoms with Crippen LogP contribution in [0, 0.1) is 10.1 Å². The second-order valence-corrected chi connectivity index (χ2v) is 4.82. The van der Waals surface area contributed by atoms with Crippen LogP contribution >= 0.6 is 0 Å². The number of nitrogens with one attached hydrogen (secondary N) is 1. The van der Waals surface area contributed by atoms with Gasteiger partial charge in [0.1, 0.15) is 5.56 Å². The van der Waals surface area contributed by atoms with Crippen molar-refractivity contribution in [1.29, 1.82) is 0 Å². The lowest BCUT2D eigenvalue weighted by molar-refractivity contribution is -0.385. The van der Waals surface area contributed by atoms with Crippen molar-refractivity contribution in [2.75, 3.05) is 20.6 Å². The van der Waals surface area contributed by atoms with Crippen LogP contribution in [0.3, 0.4) is 0 Å². The summed E-state index contributed by atoms with van der Waals surface area (Å²) >= 11 is 0. The summed E-state index contributed by atoms with van der Waals surface area (Å²) in [5, 5.41) is 23.1. The molecule has 110 valence electrons. The molecular weight excluding hydrogens is 262 g/mol. The van der Waals surface area contributed by atoms with E-state index in [9.17, 15) is 14.9 Å². The van der Waals surface area contributed by atoms with E-state index < -0.39 is 10.9 Å². The van der Waals surface area contributed by atoms with E-state index in [1.807, 2.05) is 25.9 Å². The fourth-order valence-electron chi connectivity index (χ4n) is 1.73. The largest absolute Gasteiger partial charge is 0.477 e. The van der Waals surface area contributed by atoms with Gasteiger partial charge in [0, 0.05) is 25.2 Å². The average Bonchev–Trinajstić information content (AvgIpc) is 2.37. The molecule has 0 saturated carbocycles. The topological polar surface area (TPSA) is 95.7 Å². The van der Waals surface area contributed by atoms with Crippen LogP contribution in [0.2, 0.25) is 0 Å². The molecule has 0 heterocycles. The summed E-state index contributed by atoms with van der Waals surface area (Å²) in [5.74, 6) is -1.28. The Balaban J connectivity index is 2.87. The lowest BCUT2D eigenvalue weighted by atomic mass is 10.1. The third-order valence-corrected chi connectivity index (χ3v) is 3.18. The van der Waals surface area contributed by atoms with Gasteiger partial charge in [0.05, 0.1) is 4.92 Å². The first-order valence-corrected chi connectivity index (χ1v) is 6.21. The van der Waals surface area contributed by atoms with Crippen LogP contribution < -0.4 is 5.32 Å². The number of hydrogen-bond acceptors (Lipinski definition) is 5. The van der Waals surface area contributed by atoms with Gasteiger partial charge in [-0.1, -0.05) is 12.1 Å². The first kappa shape index (κ1) is 16.1. The lowest BCUT2D eigenvalue weighted by Gasteiger charge is -2.20. The number of nitro groups is 1. The third kappa shape index (κ3) is 4.01. The molecule has 0 fully saturated rings. The Kier molecular flexibility index (Phi) is 5.60. The van der Waals surface area contributed by atoms with Gasteiger partial charge in [-0.3, -0.25) is 10.1 Å². The zero-order valence-corrected chi connectivity index (χ0v) is 11.8. The van der Waals surface area contributed by atoms with E-state index >= 15 is 0 Å². The Morgan fingerprint density at radius 1 is 1.50 bits per heavy atom. The second kappa shape index (κ2) is 6.97. The number of aromatic carboxylic acids is 1. The second-order valence-electron chi connectivity index (χ2n) is 4.82. The van der Waals surface area contributed by atoms with Crippen molar-refractivity contribution in [1.82, 2.24) is 10.2 Å². The minimum absolute atomic E-state index is 0.248. The average molecular weight is 281 g/mol. The summed E-state index contributed by atoms with van der Waals surface area (Å²) in [6.45, 7) is 2.97. The van der Waals surface area contributed by atoms with Gasteiger partial charge in [-0.2, -0.15) is 0 Å². The molecule has 0 spiro atoms. The van der Waals surface area contributed by atoms with Crippen molar-refractivity contribution in [3.8, 4) is 0 Å². The zero-order chi connectivity index (χ0) is 15.3. The van der Waals surface area contributed by atoms with Gasteiger partial charge in [0.15, 0.2) is 0 Å². The van der Waals surface area contributed by atoms with Gasteiger partial charge < -0.3 is 15.3 Å². The molecule has 0 amide bonds. The Morgan fingerprint density at radius 2 is 2.15 bits per heavy atom. The summed E-state index contributed by atoms with van der Waals surface area (Å²) in [6, 6.07) is 4.57. The molecule has 0 aliphatic heterocycles. The van der Waals surface area contributed by atoms with Gasteiger partial charge in [-0.15, -0.1) is 0 Å². The van der Waals surface area contributed by atoms with Gasteiger partial charge in [0.2, 0.25) is 0 Å². The molecule has 0 saturated heterocycles. The third-order valence-electron chi connectivity index (χ3n) is 3.18. The van der Waals surface area contributed by atoms with E-state index in [1.165, 1.54) is 12.1 Å². The Labute approximate surface area is 117 Å². The van der Waals surface area contributed by atoms with Gasteiger partial charge in [0.25, 0.3) is 5.69 Å². The molecule has 0 radical (unpaired) electrons. The van der Waals surface area contributed by atoms with Crippen LogP contribution in [0.5, 0.6) is 0 Å². The predicted molar refractivity (Wildman–Crippen MR) is 74.9 cm³/mol. The van der Waals surface area contributed by atoms with Crippen molar-refractivity contribution >= 4 is 11.7 Å². The maximum atomic E-state index is 11.2. The molecule has 1 unspecified atom stereocenters. The summed E-state index contributed by atoms with van der Waals surface area (Å²) in [6.07, 6.45) is 0. The van der Waals surface area contributed by atoms with E-state index in [4.69, 9.17) is 5.11 Å². The van der Waals surface area contributed by atoms with Gasteiger partial charge >= 0.3 is 5.97 Å². The van der Waals surface area contributed by atoms with Crippen LogP contribution in [0.1, 0.15) is 22.8 Å². The van der Waals surface area contributed by atoms with E-state index in [-0.39, 0.29) is 23.8 Å². The number of hydrogen-bond donors (Lipinski definition) is 2. The normalized spacial score (nSPS) is 12.4. The van der Waals surface area contributed by atoms with Crippen molar-refractivity contribution in [2.24, 2.45) is 0 Å². The molecule has 7 nitrogen and oxygen atoms in total. The standard InChI is InChI=1S/C13H19N3O4/c1-9(15(2)3)7-14-8-10-5-4-6-11(16(19)20)12(10)13(17)18/h4-6,9,14H,7-8H2,1-3H3,(H,17,18). The quantitative estimate of drug-likeness (QED) is 0.578. The fourth-order valence-corrected chi connectivity index (χ4v) is 1.73. The SMILES string of the molecule is CC(CNCc1cccc([N+](=O)[O-])c1C(=O)O)N(C)C. The van der Waals surface area contributed by atoms with Crippen LogP contribution in [0.25, 0.3) is 0 Å². The number of likely N-dealkylation sites (N-methyl/N-ethyl adjacent to an activating group) is 1. The summed E-state index contributed by atoms with van der Waals surface area (Å²) < 4.78 is 0. The Bertz CT molecular complexity index is 502. The van der Waals surface area contributed by atoms with Gasteiger partial charge in [-0.25, -0.2) is 4.79 Å². The van der Waals surface area contributed by atoms with Crippen LogP contribution in [0.4, 0.5) is 5.69 Å². The first-order valence-electron chi connectivity index (χ1n) is 6.21. The molecule has 0 aromatic heterocycles. The van der Waals surface area contributed by atoms with E-state index in [0.717, 1.165) is 0 Å². The lowest BCUT2D eigenvalue weighted by Crippen LogP contribution is -2.35. The molecule has 0 aliphatic carbocycles. The molecule has 1 atom stereocenters. The molecule has 0 bridgehead atoms. The molecule has 20 heavy (non-hydrogen) atoms. The highest BCUT2D eigenvalue weighted by atomic mass is 16.6.